The lowest BCUT2D eigenvalue weighted by Gasteiger charge is -2.05. The Morgan fingerprint density at radius 1 is 1.11 bits per heavy atom. The first kappa shape index (κ1) is 12.7. The number of carbonyl (C=O) groups is 1. The van der Waals surface area contributed by atoms with Crippen molar-refractivity contribution in [1.82, 2.24) is 0 Å². The minimum atomic E-state index is -0.868. The number of carbonyl (C=O) groups excluding carboxylic acids is 1. The molecule has 2 rings (SSSR count). The molecule has 92 valence electrons. The summed E-state index contributed by atoms with van der Waals surface area (Å²) in [5, 5.41) is 0.533. The largest absolute Gasteiger partial charge is 0.288 e. The van der Waals surface area contributed by atoms with Gasteiger partial charge in [0.1, 0.15) is 11.6 Å². The fraction of sp³-hybridized carbons (Fsp3) is 0.0714. The third kappa shape index (κ3) is 2.41. The van der Waals surface area contributed by atoms with Crippen LogP contribution in [0, 0.1) is 18.6 Å². The molecule has 2 aromatic carbocycles. The van der Waals surface area contributed by atoms with Crippen LogP contribution in [0.2, 0.25) is 5.02 Å². The van der Waals surface area contributed by atoms with Gasteiger partial charge in [0.05, 0.1) is 5.56 Å². The fourth-order valence-electron chi connectivity index (χ4n) is 1.62. The molecular formula is C14H9ClF2O. The van der Waals surface area contributed by atoms with E-state index in [-0.39, 0.29) is 5.56 Å². The number of rotatable bonds is 2. The molecule has 0 aliphatic heterocycles. The molecular weight excluding hydrogens is 258 g/mol. The molecule has 4 heteroatoms. The Morgan fingerprint density at radius 3 is 2.44 bits per heavy atom. The second-order valence-electron chi connectivity index (χ2n) is 3.92. The van der Waals surface area contributed by atoms with Gasteiger partial charge in [0.15, 0.2) is 5.78 Å². The summed E-state index contributed by atoms with van der Waals surface area (Å²) in [5.41, 5.74) is 0.894. The number of hydrogen-bond acceptors (Lipinski definition) is 1. The molecule has 0 aromatic heterocycles. The van der Waals surface area contributed by atoms with Crippen LogP contribution in [-0.2, 0) is 0 Å². The van der Waals surface area contributed by atoms with E-state index in [1.54, 1.807) is 19.1 Å². The maximum atomic E-state index is 13.5. The van der Waals surface area contributed by atoms with Gasteiger partial charge in [0.2, 0.25) is 0 Å². The molecule has 0 amide bonds. The summed E-state index contributed by atoms with van der Waals surface area (Å²) in [6.07, 6.45) is 0. The quantitative estimate of drug-likeness (QED) is 0.746. The van der Waals surface area contributed by atoms with Gasteiger partial charge >= 0.3 is 0 Å². The van der Waals surface area contributed by atoms with E-state index in [0.717, 1.165) is 17.7 Å². The van der Waals surface area contributed by atoms with Crippen molar-refractivity contribution in [3.05, 3.63) is 69.7 Å². The lowest BCUT2D eigenvalue weighted by atomic mass is 10.0. The van der Waals surface area contributed by atoms with Crippen LogP contribution < -0.4 is 0 Å². The average molecular weight is 267 g/mol. The molecule has 1 nitrogen and oxygen atoms in total. The molecule has 0 aliphatic carbocycles. The molecule has 0 fully saturated rings. The lowest BCUT2D eigenvalue weighted by Crippen LogP contribution is -2.05. The van der Waals surface area contributed by atoms with Gasteiger partial charge in [-0.3, -0.25) is 4.79 Å². The van der Waals surface area contributed by atoms with Crippen molar-refractivity contribution in [2.75, 3.05) is 0 Å². The first-order chi connectivity index (χ1) is 8.49. The Bertz CT molecular complexity index is 623. The Kier molecular flexibility index (Phi) is 3.43. The van der Waals surface area contributed by atoms with E-state index in [1.165, 1.54) is 6.07 Å². The molecule has 0 saturated heterocycles. The topological polar surface area (TPSA) is 17.1 Å². The molecule has 0 saturated carbocycles. The minimum Gasteiger partial charge on any atom is -0.288 e. The van der Waals surface area contributed by atoms with Crippen LogP contribution in [0.15, 0.2) is 36.4 Å². The molecule has 0 N–H and O–H groups in total. The van der Waals surface area contributed by atoms with Crippen LogP contribution in [0.3, 0.4) is 0 Å². The second kappa shape index (κ2) is 4.86. The molecule has 0 unspecified atom stereocenters. The highest BCUT2D eigenvalue weighted by Crippen LogP contribution is 2.20. The lowest BCUT2D eigenvalue weighted by molar-refractivity contribution is 0.103. The Morgan fingerprint density at radius 2 is 1.83 bits per heavy atom. The van der Waals surface area contributed by atoms with Crippen molar-refractivity contribution in [3.63, 3.8) is 0 Å². The zero-order valence-corrected chi connectivity index (χ0v) is 10.3. The monoisotopic (exact) mass is 266 g/mol. The minimum absolute atomic E-state index is 0.155. The van der Waals surface area contributed by atoms with Gasteiger partial charge in [-0.05, 0) is 42.8 Å². The summed E-state index contributed by atoms with van der Waals surface area (Å²) in [4.78, 5) is 12.0. The van der Waals surface area contributed by atoms with Gasteiger partial charge in [-0.15, -0.1) is 0 Å². The van der Waals surface area contributed by atoms with Crippen molar-refractivity contribution in [3.8, 4) is 0 Å². The fourth-order valence-corrected chi connectivity index (χ4v) is 1.73. The van der Waals surface area contributed by atoms with Crippen LogP contribution in [-0.4, -0.2) is 5.78 Å². The average Bonchev–Trinajstić information content (AvgIpc) is 2.32. The van der Waals surface area contributed by atoms with Crippen molar-refractivity contribution in [2.24, 2.45) is 0 Å². The highest BCUT2D eigenvalue weighted by Gasteiger charge is 2.15. The molecule has 0 radical (unpaired) electrons. The third-order valence-electron chi connectivity index (χ3n) is 2.60. The van der Waals surface area contributed by atoms with E-state index >= 15 is 0 Å². The number of halogens is 3. The first-order valence-electron chi connectivity index (χ1n) is 5.25. The van der Waals surface area contributed by atoms with Crippen LogP contribution in [0.25, 0.3) is 0 Å². The predicted octanol–water partition coefficient (Wildman–Crippen LogP) is 4.16. The number of hydrogen-bond donors (Lipinski definition) is 0. The predicted molar refractivity (Wildman–Crippen MR) is 66.0 cm³/mol. The maximum absolute atomic E-state index is 13.5. The van der Waals surface area contributed by atoms with Gasteiger partial charge < -0.3 is 0 Å². The van der Waals surface area contributed by atoms with Gasteiger partial charge in [-0.2, -0.15) is 0 Å². The SMILES string of the molecule is Cc1cc(C(=O)c2ccc(F)cc2F)ccc1Cl. The standard InChI is InChI=1S/C14H9ClF2O/c1-8-6-9(2-5-12(8)15)14(18)11-4-3-10(16)7-13(11)17/h2-7H,1H3. The van der Waals surface area contributed by atoms with Crippen molar-refractivity contribution < 1.29 is 13.6 Å². The summed E-state index contributed by atoms with van der Waals surface area (Å²) in [7, 11) is 0. The maximum Gasteiger partial charge on any atom is 0.195 e. The molecule has 0 heterocycles. The Balaban J connectivity index is 2.44. The van der Waals surface area contributed by atoms with E-state index in [1.807, 2.05) is 0 Å². The number of benzene rings is 2. The second-order valence-corrected chi connectivity index (χ2v) is 4.32. The van der Waals surface area contributed by atoms with Crippen molar-refractivity contribution in [2.45, 2.75) is 6.92 Å². The summed E-state index contributed by atoms with van der Waals surface area (Å²) in [6, 6.07) is 7.55. The van der Waals surface area contributed by atoms with Gasteiger partial charge in [-0.1, -0.05) is 11.6 Å². The zero-order chi connectivity index (χ0) is 13.3. The molecule has 0 bridgehead atoms. The Labute approximate surface area is 108 Å². The summed E-state index contributed by atoms with van der Waals surface area (Å²) in [6.45, 7) is 1.75. The van der Waals surface area contributed by atoms with E-state index < -0.39 is 17.4 Å². The smallest absolute Gasteiger partial charge is 0.195 e. The van der Waals surface area contributed by atoms with Crippen molar-refractivity contribution in [1.29, 1.82) is 0 Å². The van der Waals surface area contributed by atoms with Gasteiger partial charge in [-0.25, -0.2) is 8.78 Å². The van der Waals surface area contributed by atoms with Gasteiger partial charge in [0, 0.05) is 16.7 Å². The highest BCUT2D eigenvalue weighted by molar-refractivity contribution is 6.31. The van der Waals surface area contributed by atoms with E-state index in [9.17, 15) is 13.6 Å². The molecule has 18 heavy (non-hydrogen) atoms. The number of ketones is 1. The highest BCUT2D eigenvalue weighted by atomic mass is 35.5. The summed E-state index contributed by atoms with van der Waals surface area (Å²) in [5.74, 6) is -2.07. The molecule has 0 atom stereocenters. The van der Waals surface area contributed by atoms with Crippen LogP contribution in [0.1, 0.15) is 21.5 Å². The van der Waals surface area contributed by atoms with Crippen molar-refractivity contribution >= 4 is 17.4 Å². The zero-order valence-electron chi connectivity index (χ0n) is 9.51. The summed E-state index contributed by atoms with van der Waals surface area (Å²) < 4.78 is 26.2. The third-order valence-corrected chi connectivity index (χ3v) is 3.02. The van der Waals surface area contributed by atoms with Crippen LogP contribution >= 0.6 is 11.6 Å². The number of aryl methyl sites for hydroxylation is 1. The van der Waals surface area contributed by atoms with Gasteiger partial charge in [0.25, 0.3) is 0 Å². The van der Waals surface area contributed by atoms with E-state index in [2.05, 4.69) is 0 Å². The molecule has 2 aromatic rings. The first-order valence-corrected chi connectivity index (χ1v) is 5.63. The van der Waals surface area contributed by atoms with Crippen LogP contribution in [0.5, 0.6) is 0 Å². The van der Waals surface area contributed by atoms with E-state index in [4.69, 9.17) is 11.6 Å². The summed E-state index contributed by atoms with van der Waals surface area (Å²) >= 11 is 5.85. The normalized spacial score (nSPS) is 10.4. The van der Waals surface area contributed by atoms with Crippen LogP contribution in [0.4, 0.5) is 8.78 Å². The Hall–Kier alpha value is -1.74. The van der Waals surface area contributed by atoms with E-state index in [0.29, 0.717) is 16.7 Å². The molecule has 0 spiro atoms. The molecule has 0 aliphatic rings.